The molecule has 0 unspecified atom stereocenters. The molecular weight excluding hydrogens is 519 g/mol. The number of aromatic nitrogens is 2. The first-order valence-corrected chi connectivity index (χ1v) is 13.2. The van der Waals surface area contributed by atoms with Crippen molar-refractivity contribution in [1.29, 1.82) is 0 Å². The standard InChI is InChI=1S/C26H42F3N5O5/c1-14(2)19(31-21(35)18-13-30-34(17(18)6)24(7,8)9)22(36)33(23(37)32-12-10-11-16(32)5)20(15(3)4)25(38,39)26(27,28)29/h13-16,19-20,38-39H,10-12H2,1-9H3,(H,31,35)/t16-,19+,20+/m1/s1. The van der Waals surface area contributed by atoms with Crippen LogP contribution in [0.25, 0.3) is 0 Å². The maximum absolute atomic E-state index is 14.0. The third-order valence-electron chi connectivity index (χ3n) is 7.09. The molecule has 222 valence electrons. The highest BCUT2D eigenvalue weighted by Crippen LogP contribution is 2.38. The van der Waals surface area contributed by atoms with Crippen LogP contribution in [0.4, 0.5) is 18.0 Å². The van der Waals surface area contributed by atoms with Gasteiger partial charge < -0.3 is 20.4 Å². The highest BCUT2D eigenvalue weighted by atomic mass is 19.4. The number of aliphatic hydroxyl groups is 2. The minimum absolute atomic E-state index is 0.156. The smallest absolute Gasteiger partial charge is 0.357 e. The summed E-state index contributed by atoms with van der Waals surface area (Å²) in [5, 5.41) is 27.5. The fourth-order valence-corrected chi connectivity index (χ4v) is 5.01. The molecule has 1 fully saturated rings. The predicted molar refractivity (Wildman–Crippen MR) is 138 cm³/mol. The van der Waals surface area contributed by atoms with Crippen molar-refractivity contribution >= 4 is 17.8 Å². The number of carbonyl (C=O) groups is 3. The number of rotatable bonds is 7. The molecule has 1 aliphatic heterocycles. The lowest BCUT2D eigenvalue weighted by atomic mass is 9.91. The molecule has 0 saturated carbocycles. The topological polar surface area (TPSA) is 128 Å². The van der Waals surface area contributed by atoms with Gasteiger partial charge in [0.15, 0.2) is 0 Å². The molecule has 3 atom stereocenters. The van der Waals surface area contributed by atoms with E-state index in [9.17, 15) is 37.8 Å². The van der Waals surface area contributed by atoms with Crippen molar-refractivity contribution in [2.45, 2.75) is 111 Å². The summed E-state index contributed by atoms with van der Waals surface area (Å²) in [6.45, 7) is 14.9. The van der Waals surface area contributed by atoms with Gasteiger partial charge in [-0.05, 0) is 59.3 Å². The average Bonchev–Trinajstić information content (AvgIpc) is 3.38. The zero-order chi connectivity index (χ0) is 30.2. The number of imide groups is 1. The average molecular weight is 562 g/mol. The third kappa shape index (κ3) is 6.56. The molecule has 39 heavy (non-hydrogen) atoms. The first kappa shape index (κ1) is 32.5. The van der Waals surface area contributed by atoms with Crippen LogP contribution in [0.3, 0.4) is 0 Å². The van der Waals surface area contributed by atoms with E-state index in [0.29, 0.717) is 18.5 Å². The summed E-state index contributed by atoms with van der Waals surface area (Å²) in [4.78, 5) is 42.5. The second kappa shape index (κ2) is 11.4. The van der Waals surface area contributed by atoms with Crippen LogP contribution in [0.5, 0.6) is 0 Å². The van der Waals surface area contributed by atoms with E-state index in [1.807, 2.05) is 20.8 Å². The molecule has 0 aliphatic carbocycles. The highest BCUT2D eigenvalue weighted by molar-refractivity contribution is 6.02. The van der Waals surface area contributed by atoms with E-state index in [-0.39, 0.29) is 23.0 Å². The number of nitrogens with one attached hydrogen (secondary N) is 1. The number of urea groups is 1. The molecule has 2 rings (SSSR count). The Kier molecular flexibility index (Phi) is 9.55. The summed E-state index contributed by atoms with van der Waals surface area (Å²) < 4.78 is 43.3. The van der Waals surface area contributed by atoms with E-state index in [4.69, 9.17) is 0 Å². The number of amides is 4. The fraction of sp³-hybridized carbons (Fsp3) is 0.769. The summed E-state index contributed by atoms with van der Waals surface area (Å²) in [7, 11) is 0. The molecule has 1 aromatic rings. The van der Waals surface area contributed by atoms with E-state index in [2.05, 4.69) is 10.4 Å². The zero-order valence-corrected chi connectivity index (χ0v) is 24.1. The molecule has 0 bridgehead atoms. The largest absolute Gasteiger partial charge is 0.445 e. The normalized spacial score (nSPS) is 18.5. The van der Waals surface area contributed by atoms with E-state index in [1.54, 1.807) is 32.4 Å². The molecule has 1 saturated heterocycles. The fourth-order valence-electron chi connectivity index (χ4n) is 5.01. The number of hydrogen-bond acceptors (Lipinski definition) is 6. The van der Waals surface area contributed by atoms with Gasteiger partial charge in [0.1, 0.15) is 12.1 Å². The van der Waals surface area contributed by atoms with E-state index in [0.717, 1.165) is 0 Å². The van der Waals surface area contributed by atoms with E-state index < -0.39 is 59.3 Å². The van der Waals surface area contributed by atoms with Crippen LogP contribution in [0.2, 0.25) is 0 Å². The van der Waals surface area contributed by atoms with Crippen molar-refractivity contribution in [3.8, 4) is 0 Å². The molecule has 3 N–H and O–H groups in total. The third-order valence-corrected chi connectivity index (χ3v) is 7.09. The van der Waals surface area contributed by atoms with Gasteiger partial charge in [-0.1, -0.05) is 27.7 Å². The molecule has 4 amide bonds. The number of halogens is 3. The predicted octanol–water partition coefficient (Wildman–Crippen LogP) is 3.40. The number of alkyl halides is 3. The quantitative estimate of drug-likeness (QED) is 0.438. The second-order valence-corrected chi connectivity index (χ2v) is 12.0. The van der Waals surface area contributed by atoms with Crippen molar-refractivity contribution in [3.05, 3.63) is 17.5 Å². The summed E-state index contributed by atoms with van der Waals surface area (Å²) in [6, 6.07) is -5.29. The lowest BCUT2D eigenvalue weighted by molar-refractivity contribution is -0.369. The van der Waals surface area contributed by atoms with Crippen molar-refractivity contribution in [2.24, 2.45) is 11.8 Å². The maximum atomic E-state index is 14.0. The summed E-state index contributed by atoms with van der Waals surface area (Å²) in [6.07, 6.45) is -3.10. The minimum Gasteiger partial charge on any atom is -0.357 e. The molecule has 13 heteroatoms. The Hall–Kier alpha value is -2.67. The van der Waals surface area contributed by atoms with Crippen LogP contribution < -0.4 is 5.32 Å². The molecule has 1 aliphatic rings. The van der Waals surface area contributed by atoms with Crippen LogP contribution in [0.15, 0.2) is 6.20 Å². The summed E-state index contributed by atoms with van der Waals surface area (Å²) in [5.41, 5.74) is 0.221. The molecular formula is C26H42F3N5O5. The summed E-state index contributed by atoms with van der Waals surface area (Å²) >= 11 is 0. The van der Waals surface area contributed by atoms with Crippen LogP contribution in [-0.4, -0.2) is 84.3 Å². The van der Waals surface area contributed by atoms with Crippen molar-refractivity contribution < 1.29 is 37.8 Å². The molecule has 0 radical (unpaired) electrons. The van der Waals surface area contributed by atoms with Gasteiger partial charge in [-0.2, -0.15) is 18.3 Å². The van der Waals surface area contributed by atoms with Crippen molar-refractivity contribution in [3.63, 3.8) is 0 Å². The van der Waals surface area contributed by atoms with Gasteiger partial charge >= 0.3 is 12.2 Å². The Labute approximate surface area is 227 Å². The molecule has 1 aromatic heterocycles. The van der Waals surface area contributed by atoms with Crippen LogP contribution >= 0.6 is 0 Å². The SMILES string of the molecule is Cc1c(C(=O)N[C@H](C(=O)N(C(=O)N2CCC[C@H]2C)[C@@H](C(C)C)C(O)(O)C(F)(F)F)C(C)C)cnn1C(C)(C)C. The van der Waals surface area contributed by atoms with Crippen molar-refractivity contribution in [1.82, 2.24) is 24.9 Å². The van der Waals surface area contributed by atoms with Crippen molar-refractivity contribution in [2.75, 3.05) is 6.54 Å². The van der Waals surface area contributed by atoms with Crippen LogP contribution in [0.1, 0.15) is 84.3 Å². The molecule has 0 spiro atoms. The van der Waals surface area contributed by atoms with Gasteiger partial charge in [0.25, 0.3) is 17.6 Å². The second-order valence-electron chi connectivity index (χ2n) is 12.0. The van der Waals surface area contributed by atoms with E-state index in [1.165, 1.54) is 24.9 Å². The number of carbonyl (C=O) groups excluding carboxylic acids is 3. The number of likely N-dealkylation sites (tertiary alicyclic amines) is 1. The Morgan fingerprint density at radius 1 is 1.10 bits per heavy atom. The van der Waals surface area contributed by atoms with Gasteiger partial charge in [-0.3, -0.25) is 19.2 Å². The van der Waals surface area contributed by atoms with Gasteiger partial charge in [-0.15, -0.1) is 0 Å². The Morgan fingerprint density at radius 3 is 2.05 bits per heavy atom. The number of nitrogens with zero attached hydrogens (tertiary/aromatic N) is 4. The van der Waals surface area contributed by atoms with E-state index >= 15 is 0 Å². The molecule has 10 nitrogen and oxygen atoms in total. The zero-order valence-electron chi connectivity index (χ0n) is 24.1. The minimum atomic E-state index is -5.58. The summed E-state index contributed by atoms with van der Waals surface area (Å²) in [5.74, 6) is -8.14. The Bertz CT molecular complexity index is 1060. The first-order valence-electron chi connectivity index (χ1n) is 13.2. The van der Waals surface area contributed by atoms with Gasteiger partial charge in [0.2, 0.25) is 0 Å². The maximum Gasteiger partial charge on any atom is 0.445 e. The van der Waals surface area contributed by atoms with Gasteiger partial charge in [0, 0.05) is 18.3 Å². The number of hydrogen-bond donors (Lipinski definition) is 3. The van der Waals surface area contributed by atoms with Crippen LogP contribution in [0, 0.1) is 18.8 Å². The Balaban J connectivity index is 2.59. The lowest BCUT2D eigenvalue weighted by Gasteiger charge is -2.44. The van der Waals surface area contributed by atoms with Gasteiger partial charge in [0.05, 0.1) is 17.3 Å². The monoisotopic (exact) mass is 561 g/mol. The van der Waals surface area contributed by atoms with Crippen LogP contribution in [-0.2, 0) is 10.3 Å². The highest BCUT2D eigenvalue weighted by Gasteiger charge is 2.63. The molecule has 0 aromatic carbocycles. The first-order chi connectivity index (χ1) is 17.6. The lowest BCUT2D eigenvalue weighted by Crippen LogP contribution is -2.69. The molecule has 2 heterocycles. The Morgan fingerprint density at radius 2 is 1.67 bits per heavy atom. The van der Waals surface area contributed by atoms with Gasteiger partial charge in [-0.25, -0.2) is 4.79 Å².